The SMILES string of the molecule is Cc1c(/C=N\NC(=O)c2ccc(I)cc2)c2ccccc2n1Cc1ccc(C#N)cc1. The van der Waals surface area contributed by atoms with Crippen molar-refractivity contribution < 1.29 is 4.79 Å². The van der Waals surface area contributed by atoms with Gasteiger partial charge in [-0.05, 0) is 77.5 Å². The van der Waals surface area contributed by atoms with Gasteiger partial charge < -0.3 is 4.57 Å². The lowest BCUT2D eigenvalue weighted by Gasteiger charge is -2.09. The molecule has 1 heterocycles. The molecule has 31 heavy (non-hydrogen) atoms. The number of nitrogens with one attached hydrogen (secondary N) is 1. The van der Waals surface area contributed by atoms with Crippen LogP contribution in [0.25, 0.3) is 10.9 Å². The van der Waals surface area contributed by atoms with Crippen LogP contribution in [0, 0.1) is 21.8 Å². The zero-order chi connectivity index (χ0) is 21.8. The third-order valence-electron chi connectivity index (χ3n) is 5.17. The average Bonchev–Trinajstić information content (AvgIpc) is 3.06. The van der Waals surface area contributed by atoms with Crippen molar-refractivity contribution in [3.63, 3.8) is 0 Å². The monoisotopic (exact) mass is 518 g/mol. The topological polar surface area (TPSA) is 70.2 Å². The van der Waals surface area contributed by atoms with Gasteiger partial charge in [0, 0.05) is 37.8 Å². The van der Waals surface area contributed by atoms with E-state index in [1.54, 1.807) is 18.3 Å². The van der Waals surface area contributed by atoms with Crippen LogP contribution in [0.3, 0.4) is 0 Å². The van der Waals surface area contributed by atoms with Gasteiger partial charge in [-0.1, -0.05) is 30.3 Å². The van der Waals surface area contributed by atoms with Gasteiger partial charge in [0.25, 0.3) is 5.91 Å². The summed E-state index contributed by atoms with van der Waals surface area (Å²) in [5.41, 5.74) is 8.05. The number of hydrazone groups is 1. The summed E-state index contributed by atoms with van der Waals surface area (Å²) < 4.78 is 3.29. The minimum absolute atomic E-state index is 0.244. The van der Waals surface area contributed by atoms with Crippen molar-refractivity contribution in [2.45, 2.75) is 13.5 Å². The van der Waals surface area contributed by atoms with Gasteiger partial charge in [0.2, 0.25) is 0 Å². The maximum Gasteiger partial charge on any atom is 0.271 e. The quantitative estimate of drug-likeness (QED) is 0.223. The summed E-state index contributed by atoms with van der Waals surface area (Å²) in [5, 5.41) is 14.3. The highest BCUT2D eigenvalue weighted by molar-refractivity contribution is 14.1. The fourth-order valence-electron chi connectivity index (χ4n) is 3.51. The second kappa shape index (κ2) is 9.14. The van der Waals surface area contributed by atoms with Crippen LogP contribution in [0.2, 0.25) is 0 Å². The zero-order valence-electron chi connectivity index (χ0n) is 16.8. The molecule has 0 fully saturated rings. The van der Waals surface area contributed by atoms with E-state index >= 15 is 0 Å². The lowest BCUT2D eigenvalue weighted by atomic mass is 10.1. The number of carbonyl (C=O) groups excluding carboxylic acids is 1. The average molecular weight is 518 g/mol. The molecule has 0 aliphatic heterocycles. The van der Waals surface area contributed by atoms with Crippen molar-refractivity contribution in [1.29, 1.82) is 5.26 Å². The molecule has 0 radical (unpaired) electrons. The molecule has 0 bridgehead atoms. The van der Waals surface area contributed by atoms with Gasteiger partial charge in [0.1, 0.15) is 0 Å². The normalized spacial score (nSPS) is 11.0. The number of carbonyl (C=O) groups is 1. The predicted molar refractivity (Wildman–Crippen MR) is 131 cm³/mol. The second-order valence-corrected chi connectivity index (χ2v) is 8.36. The molecular weight excluding hydrogens is 499 g/mol. The summed E-state index contributed by atoms with van der Waals surface area (Å²) >= 11 is 2.20. The highest BCUT2D eigenvalue weighted by Crippen LogP contribution is 2.25. The number of halogens is 1. The van der Waals surface area contributed by atoms with E-state index in [2.05, 4.69) is 55.9 Å². The van der Waals surface area contributed by atoms with Crippen molar-refractivity contribution in [1.82, 2.24) is 9.99 Å². The summed E-state index contributed by atoms with van der Waals surface area (Å²) in [7, 11) is 0. The zero-order valence-corrected chi connectivity index (χ0v) is 19.0. The number of benzene rings is 3. The molecular formula is C25H19IN4O. The summed E-state index contributed by atoms with van der Waals surface area (Å²) in [6.45, 7) is 2.73. The smallest absolute Gasteiger partial charge is 0.271 e. The van der Waals surface area contributed by atoms with Crippen LogP contribution in [0.1, 0.15) is 32.7 Å². The van der Waals surface area contributed by atoms with Crippen molar-refractivity contribution in [2.75, 3.05) is 0 Å². The standard InChI is InChI=1S/C25H19IN4O/c1-17-23(15-28-29-25(31)20-10-12-21(26)13-11-20)22-4-2-3-5-24(22)30(17)16-19-8-6-18(14-27)7-9-19/h2-13,15H,16H2,1H3,(H,29,31)/b28-15-. The highest BCUT2D eigenvalue weighted by atomic mass is 127. The number of nitrogens with zero attached hydrogens (tertiary/aromatic N) is 3. The van der Waals surface area contributed by atoms with Crippen molar-refractivity contribution in [2.24, 2.45) is 5.10 Å². The molecule has 0 saturated heterocycles. The lowest BCUT2D eigenvalue weighted by Crippen LogP contribution is -2.17. The Bertz CT molecular complexity index is 1310. The fourth-order valence-corrected chi connectivity index (χ4v) is 3.87. The second-order valence-electron chi connectivity index (χ2n) is 7.12. The Morgan fingerprint density at radius 1 is 1.10 bits per heavy atom. The predicted octanol–water partition coefficient (Wildman–Crippen LogP) is 5.24. The first-order valence-corrected chi connectivity index (χ1v) is 10.8. The van der Waals surface area contributed by atoms with Crippen molar-refractivity contribution in [3.05, 3.63) is 104 Å². The minimum atomic E-state index is -0.244. The summed E-state index contributed by atoms with van der Waals surface area (Å²) in [6.07, 6.45) is 1.71. The van der Waals surface area contributed by atoms with E-state index in [0.29, 0.717) is 17.7 Å². The van der Waals surface area contributed by atoms with Crippen LogP contribution in [0.15, 0.2) is 77.9 Å². The Kier molecular flexibility index (Phi) is 6.14. The Balaban J connectivity index is 1.61. The summed E-state index contributed by atoms with van der Waals surface area (Å²) in [5.74, 6) is -0.244. The maximum atomic E-state index is 12.3. The molecule has 0 spiro atoms. The summed E-state index contributed by atoms with van der Waals surface area (Å²) in [6, 6.07) is 25.2. The number of hydrogen-bond acceptors (Lipinski definition) is 3. The van der Waals surface area contributed by atoms with Crippen LogP contribution in [0.4, 0.5) is 0 Å². The molecule has 0 atom stereocenters. The molecule has 0 saturated carbocycles. The van der Waals surface area contributed by atoms with E-state index < -0.39 is 0 Å². The van der Waals surface area contributed by atoms with Crippen LogP contribution >= 0.6 is 22.6 Å². The lowest BCUT2D eigenvalue weighted by molar-refractivity contribution is 0.0955. The fraction of sp³-hybridized carbons (Fsp3) is 0.0800. The van der Waals surface area contributed by atoms with E-state index in [4.69, 9.17) is 5.26 Å². The Morgan fingerprint density at radius 3 is 2.52 bits per heavy atom. The van der Waals surface area contributed by atoms with Gasteiger partial charge in [0.05, 0.1) is 17.8 Å². The molecule has 5 nitrogen and oxygen atoms in total. The molecule has 4 aromatic rings. The number of amides is 1. The molecule has 6 heteroatoms. The van der Waals surface area contributed by atoms with Crippen LogP contribution in [-0.4, -0.2) is 16.7 Å². The molecule has 1 N–H and O–H groups in total. The number of para-hydroxylation sites is 1. The molecule has 152 valence electrons. The molecule has 1 aromatic heterocycles. The van der Waals surface area contributed by atoms with E-state index in [1.807, 2.05) is 55.5 Å². The van der Waals surface area contributed by atoms with Gasteiger partial charge in [-0.3, -0.25) is 4.79 Å². The first-order valence-electron chi connectivity index (χ1n) is 9.72. The first kappa shape index (κ1) is 20.8. The molecule has 0 aliphatic rings. The largest absolute Gasteiger partial charge is 0.340 e. The molecule has 1 amide bonds. The number of rotatable bonds is 5. The Morgan fingerprint density at radius 2 is 1.81 bits per heavy atom. The van der Waals surface area contributed by atoms with Crippen LogP contribution in [-0.2, 0) is 6.54 Å². The van der Waals surface area contributed by atoms with Gasteiger partial charge in [-0.15, -0.1) is 0 Å². The number of aromatic nitrogens is 1. The van der Waals surface area contributed by atoms with Crippen molar-refractivity contribution >= 4 is 45.6 Å². The number of fused-ring (bicyclic) bond motifs is 1. The Hall–Kier alpha value is -3.44. The summed E-state index contributed by atoms with van der Waals surface area (Å²) in [4.78, 5) is 12.3. The molecule has 3 aromatic carbocycles. The van der Waals surface area contributed by atoms with Gasteiger partial charge in [0.15, 0.2) is 0 Å². The van der Waals surface area contributed by atoms with E-state index in [-0.39, 0.29) is 5.91 Å². The third kappa shape index (κ3) is 4.52. The number of hydrogen-bond donors (Lipinski definition) is 1. The van der Waals surface area contributed by atoms with Crippen LogP contribution < -0.4 is 5.43 Å². The van der Waals surface area contributed by atoms with Gasteiger partial charge in [-0.2, -0.15) is 10.4 Å². The van der Waals surface area contributed by atoms with Crippen molar-refractivity contribution in [3.8, 4) is 6.07 Å². The molecule has 0 unspecified atom stereocenters. The van der Waals surface area contributed by atoms with Crippen LogP contribution in [0.5, 0.6) is 0 Å². The van der Waals surface area contributed by atoms with E-state index in [0.717, 1.165) is 31.3 Å². The van der Waals surface area contributed by atoms with E-state index in [9.17, 15) is 4.79 Å². The third-order valence-corrected chi connectivity index (χ3v) is 5.89. The minimum Gasteiger partial charge on any atom is -0.340 e. The number of nitriles is 1. The highest BCUT2D eigenvalue weighted by Gasteiger charge is 2.13. The molecule has 4 rings (SSSR count). The van der Waals surface area contributed by atoms with E-state index in [1.165, 1.54) is 0 Å². The van der Waals surface area contributed by atoms with Gasteiger partial charge >= 0.3 is 0 Å². The van der Waals surface area contributed by atoms with Gasteiger partial charge in [-0.25, -0.2) is 5.43 Å². The molecule has 0 aliphatic carbocycles. The first-order chi connectivity index (χ1) is 15.1. The maximum absolute atomic E-state index is 12.3. The Labute approximate surface area is 194 Å².